The van der Waals surface area contributed by atoms with E-state index in [0.717, 1.165) is 12.0 Å². The van der Waals surface area contributed by atoms with Gasteiger partial charge in [0.15, 0.2) is 6.29 Å². The van der Waals surface area contributed by atoms with Crippen molar-refractivity contribution in [2.45, 2.75) is 45.6 Å². The largest absolute Gasteiger partial charge is 0.469 e. The van der Waals surface area contributed by atoms with Crippen molar-refractivity contribution in [1.82, 2.24) is 0 Å². The van der Waals surface area contributed by atoms with Gasteiger partial charge in [0.2, 0.25) is 0 Å². The molecule has 1 aromatic rings. The van der Waals surface area contributed by atoms with Gasteiger partial charge < -0.3 is 13.6 Å². The van der Waals surface area contributed by atoms with Gasteiger partial charge in [-0.3, -0.25) is 0 Å². The van der Waals surface area contributed by atoms with Crippen molar-refractivity contribution in [3.05, 3.63) is 24.2 Å². The summed E-state index contributed by atoms with van der Waals surface area (Å²) in [7, 11) is 0.508. The third-order valence-corrected chi connectivity index (χ3v) is 5.00. The van der Waals surface area contributed by atoms with Gasteiger partial charge in [-0.25, -0.2) is 0 Å². The van der Waals surface area contributed by atoms with Crippen LogP contribution >= 0.6 is 0 Å². The molecule has 0 N–H and O–H groups in total. The van der Waals surface area contributed by atoms with Gasteiger partial charge in [0, 0.05) is 0 Å². The maximum atomic E-state index is 11.5. The first-order chi connectivity index (χ1) is 7.73. The monoisotopic (exact) mass is 254 g/mol. The lowest BCUT2D eigenvalue weighted by molar-refractivity contribution is -0.132. The number of rotatable bonds is 4. The summed E-state index contributed by atoms with van der Waals surface area (Å²) in [5.74, 6) is 0.787. The van der Waals surface area contributed by atoms with Crippen LogP contribution in [0.1, 0.15) is 40.4 Å². The zero-order chi connectivity index (χ0) is 13.3. The summed E-state index contributed by atoms with van der Waals surface area (Å²) in [6.07, 6.45) is 2.53. The molecule has 1 rings (SSSR count). The van der Waals surface area contributed by atoms with Gasteiger partial charge in [0.25, 0.3) is 0 Å². The first-order valence-corrected chi connectivity index (χ1v) is 6.60. The summed E-state index contributed by atoms with van der Waals surface area (Å²) < 4.78 is 11.2. The van der Waals surface area contributed by atoms with Crippen LogP contribution in [0.15, 0.2) is 22.8 Å². The van der Waals surface area contributed by atoms with Crippen LogP contribution in [0.5, 0.6) is 0 Å². The molecule has 0 aliphatic carbocycles. The predicted octanol–water partition coefficient (Wildman–Crippen LogP) is 1.84. The minimum atomic E-state index is -0.866. The lowest BCUT2D eigenvalue weighted by atomic mass is 9.58. The van der Waals surface area contributed by atoms with Gasteiger partial charge in [-0.2, -0.15) is 0 Å². The number of aldehydes is 1. The molecule has 4 heteroatoms. The van der Waals surface area contributed by atoms with Gasteiger partial charge in [-0.05, 0) is 31.4 Å². The molecule has 0 saturated heterocycles. The zero-order valence-corrected chi connectivity index (χ0v) is 13.5. The number of hydrogen-bond donors (Lipinski definition) is 0. The van der Waals surface area contributed by atoms with E-state index in [-0.39, 0.29) is 5.41 Å². The summed E-state index contributed by atoms with van der Waals surface area (Å²) in [5.41, 5.74) is -1.53. The van der Waals surface area contributed by atoms with Gasteiger partial charge >= 0.3 is 0 Å². The van der Waals surface area contributed by atoms with Crippen LogP contribution in [-0.2, 0) is 14.6 Å². The Hall–Kier alpha value is -0.873. The fraction of sp³-hybridized carbons (Fsp3) is 0.615. The van der Waals surface area contributed by atoms with Crippen molar-refractivity contribution in [2.75, 3.05) is 0 Å². The lowest BCUT2D eigenvalue weighted by Gasteiger charge is -2.49. The van der Waals surface area contributed by atoms with Crippen LogP contribution in [0.2, 0.25) is 0 Å². The molecule has 1 heterocycles. The van der Waals surface area contributed by atoms with Crippen LogP contribution < -0.4 is 0 Å². The highest BCUT2D eigenvalue weighted by Crippen LogP contribution is 2.49. The van der Waals surface area contributed by atoms with E-state index < -0.39 is 11.0 Å². The molecule has 0 aliphatic heterocycles. The number of furan rings is 1. The van der Waals surface area contributed by atoms with Crippen LogP contribution in [0.4, 0.5) is 0 Å². The number of carbonyl (C=O) groups is 1. The van der Waals surface area contributed by atoms with Crippen molar-refractivity contribution in [1.29, 1.82) is 0 Å². The quantitative estimate of drug-likeness (QED) is 0.608. The summed E-state index contributed by atoms with van der Waals surface area (Å²) in [6, 6.07) is 3.76. The fourth-order valence-corrected chi connectivity index (χ4v) is 2.80. The molecule has 2 unspecified atom stereocenters. The van der Waals surface area contributed by atoms with E-state index in [4.69, 9.17) is 8.84 Å². The average molecular weight is 254 g/mol. The van der Waals surface area contributed by atoms with Crippen LogP contribution in [-0.4, -0.2) is 22.4 Å². The second-order valence-corrected chi connectivity index (χ2v) is 6.19. The molecule has 0 fully saturated rings. The van der Waals surface area contributed by atoms with E-state index in [0.29, 0.717) is 10.5 Å². The Morgan fingerprint density at radius 3 is 2.18 bits per heavy atom. The van der Waals surface area contributed by atoms with E-state index in [2.05, 4.69) is 20.8 Å². The fourth-order valence-electron chi connectivity index (χ4n) is 2.29. The van der Waals surface area contributed by atoms with Crippen LogP contribution in [0.3, 0.4) is 0 Å². The molecular formula is C13H22O3Si. The Bertz CT molecular complexity index is 380. The first kappa shape index (κ1) is 14.2. The molecule has 1 aromatic heterocycles. The van der Waals surface area contributed by atoms with Gasteiger partial charge in [0.1, 0.15) is 21.8 Å². The molecule has 0 saturated carbocycles. The van der Waals surface area contributed by atoms with E-state index in [1.54, 1.807) is 6.26 Å². The molecule has 0 bridgehead atoms. The molecular weight excluding hydrogens is 232 g/mol. The second-order valence-electron chi connectivity index (χ2n) is 5.78. The smallest absolute Gasteiger partial charge is 0.151 e. The van der Waals surface area contributed by atoms with Gasteiger partial charge in [-0.1, -0.05) is 20.8 Å². The summed E-state index contributed by atoms with van der Waals surface area (Å²) in [6.45, 7) is 10.1. The molecule has 3 nitrogen and oxygen atoms in total. The minimum absolute atomic E-state index is 0.162. The van der Waals surface area contributed by atoms with Crippen molar-refractivity contribution < 1.29 is 13.6 Å². The lowest BCUT2D eigenvalue weighted by Crippen LogP contribution is -2.57. The molecule has 0 radical (unpaired) electrons. The SMILES string of the molecule is CC(C)(C)C(C)(c1ccco1)C(C)(C=O)O[SiH3]. The van der Waals surface area contributed by atoms with E-state index >= 15 is 0 Å². The maximum Gasteiger partial charge on any atom is 0.151 e. The maximum absolute atomic E-state index is 11.5. The molecule has 0 aliphatic rings. The van der Waals surface area contributed by atoms with Crippen LogP contribution in [0, 0.1) is 5.41 Å². The zero-order valence-electron chi connectivity index (χ0n) is 11.5. The van der Waals surface area contributed by atoms with Crippen molar-refractivity contribution in [3.63, 3.8) is 0 Å². The average Bonchev–Trinajstić information content (AvgIpc) is 2.78. The van der Waals surface area contributed by atoms with Gasteiger partial charge in [0.05, 0.1) is 11.7 Å². The number of carbonyl (C=O) groups excluding carboxylic acids is 1. The van der Waals surface area contributed by atoms with Crippen LogP contribution in [0.25, 0.3) is 0 Å². The third-order valence-electron chi connectivity index (χ3n) is 4.16. The first-order valence-electron chi connectivity index (χ1n) is 5.78. The second kappa shape index (κ2) is 4.42. The van der Waals surface area contributed by atoms with E-state index in [1.165, 1.54) is 0 Å². The predicted molar refractivity (Wildman–Crippen MR) is 71.0 cm³/mol. The minimum Gasteiger partial charge on any atom is -0.469 e. The Kier molecular flexibility index (Phi) is 3.69. The third kappa shape index (κ3) is 2.00. The molecule has 0 aromatic carbocycles. The highest BCUT2D eigenvalue weighted by Gasteiger charge is 2.55. The normalized spacial score (nSPS) is 19.6. The molecule has 96 valence electrons. The standard InChI is InChI=1S/C13H22O3Si/c1-11(2,3)13(5,10-7-6-8-15-10)12(4,9-14)16-17/h6-9H,1-5,17H3. The Balaban J connectivity index is 3.46. The summed E-state index contributed by atoms with van der Waals surface area (Å²) >= 11 is 0. The van der Waals surface area contributed by atoms with Crippen molar-refractivity contribution >= 4 is 16.8 Å². The number of hydrogen-bond acceptors (Lipinski definition) is 3. The Morgan fingerprint density at radius 2 is 1.88 bits per heavy atom. The molecule has 17 heavy (non-hydrogen) atoms. The van der Waals surface area contributed by atoms with Crippen molar-refractivity contribution in [2.24, 2.45) is 5.41 Å². The molecule has 2 atom stereocenters. The van der Waals surface area contributed by atoms with E-state index in [9.17, 15) is 4.79 Å². The highest BCUT2D eigenvalue weighted by molar-refractivity contribution is 5.99. The van der Waals surface area contributed by atoms with Gasteiger partial charge in [-0.15, -0.1) is 0 Å². The molecule has 0 spiro atoms. The Labute approximate surface area is 106 Å². The molecule has 0 amide bonds. The highest BCUT2D eigenvalue weighted by atomic mass is 28.2. The van der Waals surface area contributed by atoms with E-state index in [1.807, 2.05) is 26.0 Å². The van der Waals surface area contributed by atoms with Crippen molar-refractivity contribution in [3.8, 4) is 0 Å². The summed E-state index contributed by atoms with van der Waals surface area (Å²) in [5, 5.41) is 0. The summed E-state index contributed by atoms with van der Waals surface area (Å²) in [4.78, 5) is 11.5. The Morgan fingerprint density at radius 1 is 1.29 bits per heavy atom. The topological polar surface area (TPSA) is 39.4 Å².